The molecule has 0 amide bonds. The summed E-state index contributed by atoms with van der Waals surface area (Å²) in [6.07, 6.45) is 1.43. The predicted octanol–water partition coefficient (Wildman–Crippen LogP) is 6.74. The normalized spacial score (nSPS) is 19.0. The number of hydrogen-bond donors (Lipinski definition) is 2. The molecule has 0 radical (unpaired) electrons. The van der Waals surface area contributed by atoms with Gasteiger partial charge in [0.1, 0.15) is 51.8 Å². The molecule has 2 aromatic rings. The highest BCUT2D eigenvalue weighted by atomic mass is 16.5. The molecule has 0 fully saturated rings. The molecule has 0 saturated heterocycles. The lowest BCUT2D eigenvalue weighted by molar-refractivity contribution is -0.115. The van der Waals surface area contributed by atoms with Crippen molar-refractivity contribution in [3.05, 3.63) is 63.3 Å². The Morgan fingerprint density at radius 3 is 2.36 bits per heavy atom. The fraction of sp³-hybridized carbons (Fsp3) is 0.429. The molecule has 1 atom stereocenters. The fourth-order valence-corrected chi connectivity index (χ4v) is 5.80. The number of ether oxygens (including phenoxy) is 6. The zero-order valence-electron chi connectivity index (χ0n) is 27.4. The fourth-order valence-electron chi connectivity index (χ4n) is 5.80. The number of carbonyl (C=O) groups excluding carboxylic acids is 2. The van der Waals surface area contributed by atoms with Crippen LogP contribution in [0.5, 0.6) is 23.0 Å². The van der Waals surface area contributed by atoms with Gasteiger partial charge in [-0.05, 0) is 51.0 Å². The quantitative estimate of drug-likeness (QED) is 0.275. The second-order valence-electron chi connectivity index (χ2n) is 11.3. The zero-order chi connectivity index (χ0) is 33.2. The molecule has 2 aliphatic rings. The first-order valence-corrected chi connectivity index (χ1v) is 14.9. The lowest BCUT2D eigenvalue weighted by atomic mass is 9.88. The maximum absolute atomic E-state index is 13.3. The molecule has 0 aromatic heterocycles. The van der Waals surface area contributed by atoms with Crippen molar-refractivity contribution in [2.75, 3.05) is 35.0 Å². The Hall–Kier alpha value is -4.44. The number of allylic oxidation sites excluding steroid dienone is 5. The van der Waals surface area contributed by atoms with E-state index in [1.165, 1.54) is 21.3 Å². The van der Waals surface area contributed by atoms with E-state index in [9.17, 15) is 19.8 Å². The van der Waals surface area contributed by atoms with Crippen LogP contribution in [-0.4, -0.2) is 69.0 Å². The molecule has 1 unspecified atom stereocenters. The Labute approximate surface area is 263 Å². The second-order valence-corrected chi connectivity index (χ2v) is 11.3. The molecule has 242 valence electrons. The van der Waals surface area contributed by atoms with Crippen molar-refractivity contribution in [3.8, 4) is 23.0 Å². The second kappa shape index (κ2) is 13.7. The van der Waals surface area contributed by atoms with Crippen LogP contribution >= 0.6 is 0 Å². The summed E-state index contributed by atoms with van der Waals surface area (Å²) >= 11 is 0. The number of rotatable bonds is 10. The number of aliphatic hydroxyl groups is 1. The van der Waals surface area contributed by atoms with Crippen molar-refractivity contribution >= 4 is 27.9 Å². The number of phenols is 1. The number of carbonyl (C=O) groups is 2. The number of aromatic hydroxyl groups is 1. The van der Waals surface area contributed by atoms with Crippen LogP contribution in [0.3, 0.4) is 0 Å². The van der Waals surface area contributed by atoms with Gasteiger partial charge in [0.25, 0.3) is 0 Å². The number of phenolic OH excluding ortho intramolecular Hbond substituents is 1. The summed E-state index contributed by atoms with van der Waals surface area (Å²) in [4.78, 5) is 26.3. The number of fused-ring (bicyclic) bond motifs is 2. The zero-order valence-corrected chi connectivity index (χ0v) is 27.4. The Bertz CT molecular complexity index is 1650. The molecule has 2 N–H and O–H groups in total. The number of hydrogen-bond acceptors (Lipinski definition) is 10. The van der Waals surface area contributed by atoms with Crippen molar-refractivity contribution in [1.82, 2.24) is 0 Å². The summed E-state index contributed by atoms with van der Waals surface area (Å²) in [5.74, 6) is 0.548. The van der Waals surface area contributed by atoms with Crippen LogP contribution in [0.1, 0.15) is 69.8 Å². The first kappa shape index (κ1) is 33.5. The van der Waals surface area contributed by atoms with Crippen LogP contribution in [0.25, 0.3) is 16.3 Å². The molecule has 45 heavy (non-hydrogen) atoms. The van der Waals surface area contributed by atoms with Crippen LogP contribution in [0.15, 0.2) is 52.2 Å². The molecule has 10 heteroatoms. The number of ketones is 2. The molecule has 0 bridgehead atoms. The molecule has 1 aliphatic carbocycles. The van der Waals surface area contributed by atoms with Crippen LogP contribution < -0.4 is 14.2 Å². The summed E-state index contributed by atoms with van der Waals surface area (Å²) in [7, 11) is 6.03. The summed E-state index contributed by atoms with van der Waals surface area (Å²) in [6.45, 7) is 8.95. The van der Waals surface area contributed by atoms with Crippen LogP contribution in [0, 0.1) is 0 Å². The van der Waals surface area contributed by atoms with E-state index in [0.29, 0.717) is 50.3 Å². The van der Waals surface area contributed by atoms with E-state index in [1.807, 2.05) is 13.8 Å². The molecule has 0 saturated carbocycles. The molecule has 1 aliphatic heterocycles. The van der Waals surface area contributed by atoms with E-state index < -0.39 is 0 Å². The largest absolute Gasteiger partial charge is 0.507 e. The van der Waals surface area contributed by atoms with E-state index >= 15 is 0 Å². The van der Waals surface area contributed by atoms with E-state index in [1.54, 1.807) is 46.1 Å². The summed E-state index contributed by atoms with van der Waals surface area (Å²) in [6, 6.07) is 3.35. The van der Waals surface area contributed by atoms with Crippen molar-refractivity contribution in [3.63, 3.8) is 0 Å². The minimum Gasteiger partial charge on any atom is -0.507 e. The highest BCUT2D eigenvalue weighted by molar-refractivity contribution is 6.13. The Morgan fingerprint density at radius 1 is 1.09 bits per heavy atom. The Kier molecular flexibility index (Phi) is 10.2. The number of methoxy groups -OCH3 is 4. The van der Waals surface area contributed by atoms with Gasteiger partial charge in [0, 0.05) is 49.0 Å². The molecular weight excluding hydrogens is 580 g/mol. The highest BCUT2D eigenvalue weighted by Crippen LogP contribution is 2.50. The minimum atomic E-state index is -0.386. The third kappa shape index (κ3) is 6.24. The first-order valence-electron chi connectivity index (χ1n) is 14.9. The average Bonchev–Trinajstić information content (AvgIpc) is 3.13. The van der Waals surface area contributed by atoms with Crippen LogP contribution in [-0.2, 0) is 19.0 Å². The van der Waals surface area contributed by atoms with Gasteiger partial charge < -0.3 is 38.6 Å². The predicted molar refractivity (Wildman–Crippen MR) is 170 cm³/mol. The average molecular weight is 623 g/mol. The maximum Gasteiger partial charge on any atom is 0.174 e. The molecule has 1 heterocycles. The lowest BCUT2D eigenvalue weighted by Crippen LogP contribution is -2.24. The van der Waals surface area contributed by atoms with Gasteiger partial charge in [0.05, 0.1) is 45.2 Å². The van der Waals surface area contributed by atoms with Gasteiger partial charge in [-0.3, -0.25) is 9.59 Å². The van der Waals surface area contributed by atoms with Gasteiger partial charge in [0.2, 0.25) is 0 Å². The Morgan fingerprint density at radius 2 is 1.78 bits per heavy atom. The molecule has 10 nitrogen and oxygen atoms in total. The van der Waals surface area contributed by atoms with E-state index in [-0.39, 0.29) is 83.8 Å². The number of Topliss-reactive ketones (excluding diaryl/α,β-unsaturated/α-hetero) is 2. The summed E-state index contributed by atoms with van der Waals surface area (Å²) < 4.78 is 35.1. The van der Waals surface area contributed by atoms with Gasteiger partial charge in [-0.15, -0.1) is 0 Å². The van der Waals surface area contributed by atoms with Crippen molar-refractivity contribution < 1.29 is 48.2 Å². The monoisotopic (exact) mass is 622 g/mol. The van der Waals surface area contributed by atoms with Crippen molar-refractivity contribution in [2.24, 2.45) is 0 Å². The van der Waals surface area contributed by atoms with Gasteiger partial charge in [-0.2, -0.15) is 0 Å². The van der Waals surface area contributed by atoms with Crippen LogP contribution in [0.4, 0.5) is 0 Å². The van der Waals surface area contributed by atoms with E-state index in [4.69, 9.17) is 28.4 Å². The third-order valence-electron chi connectivity index (χ3n) is 7.92. The van der Waals surface area contributed by atoms with Gasteiger partial charge in [-0.25, -0.2) is 0 Å². The summed E-state index contributed by atoms with van der Waals surface area (Å²) in [5.41, 5.74) is 2.34. The topological polar surface area (TPSA) is 130 Å². The number of aliphatic hydroxyl groups excluding tert-OH is 1. The van der Waals surface area contributed by atoms with Gasteiger partial charge in [0.15, 0.2) is 11.6 Å². The van der Waals surface area contributed by atoms with Gasteiger partial charge >= 0.3 is 0 Å². The maximum atomic E-state index is 13.3. The minimum absolute atomic E-state index is 0.0588. The van der Waals surface area contributed by atoms with E-state index in [0.717, 1.165) is 0 Å². The standard InChI is InChI=1S/C35H42O10/c1-10-24(36)32-28(44-17(2)3)13-20(12-21(34(32)38)19(5)41-7)23(16-40-6)30-22-14-29-33(25(37)11-18(4)45-29)35(39)31(22)27(43-9)15-26(30)42-8/h13-15,17-18,38-39H,10-12,16H2,1-9H3/b21-19-,23-20-. The highest BCUT2D eigenvalue weighted by Gasteiger charge is 2.33. The Balaban J connectivity index is 2.21. The van der Waals surface area contributed by atoms with E-state index in [2.05, 4.69) is 0 Å². The molecule has 2 aromatic carbocycles. The molecule has 0 spiro atoms. The van der Waals surface area contributed by atoms with Crippen molar-refractivity contribution in [1.29, 1.82) is 0 Å². The molecular formula is C35H42O10. The SMILES string of the molecule is CCC(=O)C1=C(O)/C(=C(/C)OC)C/C(=C(\COC)c2c(OC)cc(OC)c3c(O)c4c(cc23)OC(C)CC4=O)C=C1OC(C)C. The first-order chi connectivity index (χ1) is 21.4. The third-order valence-corrected chi connectivity index (χ3v) is 7.92. The van der Waals surface area contributed by atoms with Crippen molar-refractivity contribution in [2.45, 2.75) is 66.1 Å². The number of benzene rings is 2. The lowest BCUT2D eigenvalue weighted by Gasteiger charge is -2.26. The smallest absolute Gasteiger partial charge is 0.174 e. The summed E-state index contributed by atoms with van der Waals surface area (Å²) in [5, 5.41) is 23.9. The van der Waals surface area contributed by atoms with Gasteiger partial charge in [-0.1, -0.05) is 6.92 Å². The van der Waals surface area contributed by atoms with Crippen LogP contribution in [0.2, 0.25) is 0 Å². The molecule has 4 rings (SSSR count).